The smallest absolute Gasteiger partial charge is 0.224 e. The van der Waals surface area contributed by atoms with Crippen LogP contribution in [0.2, 0.25) is 0 Å². The van der Waals surface area contributed by atoms with Crippen molar-refractivity contribution in [3.63, 3.8) is 0 Å². The second-order valence-corrected chi connectivity index (χ2v) is 8.75. The molecule has 0 heterocycles. The predicted octanol–water partition coefficient (Wildman–Crippen LogP) is 7.54. The Kier molecular flexibility index (Phi) is 16.0. The number of anilines is 2. The molecule has 1 amide bonds. The highest BCUT2D eigenvalue weighted by atomic mass is 32.1. The van der Waals surface area contributed by atoms with Crippen molar-refractivity contribution >= 4 is 34.6 Å². The Hall–Kier alpha value is -1.62. The SMILES string of the molecule is CCCCCCCCCCCCCCCCCC(=O)Nc1ccc(NC(N)=S)cc1. The van der Waals surface area contributed by atoms with Gasteiger partial charge in [-0.15, -0.1) is 0 Å². The van der Waals surface area contributed by atoms with Gasteiger partial charge in [0.1, 0.15) is 0 Å². The van der Waals surface area contributed by atoms with Gasteiger partial charge in [-0.2, -0.15) is 0 Å². The van der Waals surface area contributed by atoms with Gasteiger partial charge in [-0.05, 0) is 42.9 Å². The Morgan fingerprint density at radius 1 is 0.700 bits per heavy atom. The first-order valence-electron chi connectivity index (χ1n) is 12.1. The molecule has 0 radical (unpaired) electrons. The third-order valence-electron chi connectivity index (χ3n) is 5.44. The normalized spacial score (nSPS) is 10.7. The van der Waals surface area contributed by atoms with Gasteiger partial charge < -0.3 is 16.4 Å². The topological polar surface area (TPSA) is 67.2 Å². The number of amides is 1. The van der Waals surface area contributed by atoms with E-state index in [2.05, 4.69) is 17.6 Å². The van der Waals surface area contributed by atoms with Crippen LogP contribution < -0.4 is 16.4 Å². The molecule has 1 aromatic carbocycles. The highest BCUT2D eigenvalue weighted by Gasteiger charge is 2.03. The molecule has 0 aromatic heterocycles. The summed E-state index contributed by atoms with van der Waals surface area (Å²) in [4.78, 5) is 12.0. The molecular formula is C25H43N3OS. The fourth-order valence-electron chi connectivity index (χ4n) is 3.66. The Balaban J connectivity index is 1.89. The molecule has 30 heavy (non-hydrogen) atoms. The summed E-state index contributed by atoms with van der Waals surface area (Å²) in [6.07, 6.45) is 20.6. The van der Waals surface area contributed by atoms with Gasteiger partial charge in [0.05, 0.1) is 0 Å². The van der Waals surface area contributed by atoms with Crippen molar-refractivity contribution in [2.24, 2.45) is 5.73 Å². The highest BCUT2D eigenvalue weighted by molar-refractivity contribution is 7.80. The van der Waals surface area contributed by atoms with E-state index in [0.29, 0.717) is 6.42 Å². The van der Waals surface area contributed by atoms with Crippen LogP contribution in [0.5, 0.6) is 0 Å². The van der Waals surface area contributed by atoms with E-state index in [9.17, 15) is 4.79 Å². The fourth-order valence-corrected chi connectivity index (χ4v) is 3.78. The van der Waals surface area contributed by atoms with Crippen molar-refractivity contribution in [3.8, 4) is 0 Å². The zero-order valence-electron chi connectivity index (χ0n) is 19.0. The first kappa shape index (κ1) is 26.4. The molecule has 0 atom stereocenters. The number of carbonyl (C=O) groups is 1. The van der Waals surface area contributed by atoms with Gasteiger partial charge in [-0.25, -0.2) is 0 Å². The Morgan fingerprint density at radius 2 is 1.07 bits per heavy atom. The number of unbranched alkanes of at least 4 members (excludes halogenated alkanes) is 14. The van der Waals surface area contributed by atoms with Crippen LogP contribution in [0.3, 0.4) is 0 Å². The number of nitrogens with two attached hydrogens (primary N) is 1. The summed E-state index contributed by atoms with van der Waals surface area (Å²) in [5.74, 6) is 0.0831. The molecule has 5 heteroatoms. The van der Waals surface area contributed by atoms with E-state index < -0.39 is 0 Å². The van der Waals surface area contributed by atoms with Crippen molar-refractivity contribution < 1.29 is 4.79 Å². The third kappa shape index (κ3) is 15.3. The lowest BCUT2D eigenvalue weighted by Gasteiger charge is -2.07. The standard InChI is InChI=1S/C25H43N3OS/c1-2-3-4-5-6-7-8-9-10-11-12-13-14-15-16-17-24(29)27-22-18-20-23(21-19-22)28-25(26)30/h18-21H,2-17H2,1H3,(H,27,29)(H3,26,28,30). The van der Waals surface area contributed by atoms with Crippen molar-refractivity contribution in [1.82, 2.24) is 0 Å². The molecule has 0 unspecified atom stereocenters. The second-order valence-electron chi connectivity index (χ2n) is 8.31. The second kappa shape index (κ2) is 18.2. The summed E-state index contributed by atoms with van der Waals surface area (Å²) >= 11 is 4.81. The van der Waals surface area contributed by atoms with Crippen LogP contribution in [0.1, 0.15) is 110 Å². The number of rotatable bonds is 18. The Morgan fingerprint density at radius 3 is 1.47 bits per heavy atom. The summed E-state index contributed by atoms with van der Waals surface area (Å²) in [6, 6.07) is 7.40. The van der Waals surface area contributed by atoms with E-state index in [4.69, 9.17) is 18.0 Å². The molecule has 0 aliphatic carbocycles. The van der Waals surface area contributed by atoms with Crippen LogP contribution in [0.25, 0.3) is 0 Å². The minimum Gasteiger partial charge on any atom is -0.376 e. The molecule has 170 valence electrons. The van der Waals surface area contributed by atoms with E-state index in [0.717, 1.165) is 24.2 Å². The van der Waals surface area contributed by atoms with Crippen LogP contribution in [0.4, 0.5) is 11.4 Å². The molecule has 4 nitrogen and oxygen atoms in total. The van der Waals surface area contributed by atoms with Gasteiger partial charge in [-0.1, -0.05) is 96.8 Å². The van der Waals surface area contributed by atoms with E-state index in [1.807, 2.05) is 24.3 Å². The number of hydrogen-bond donors (Lipinski definition) is 3. The first-order chi connectivity index (χ1) is 14.6. The lowest BCUT2D eigenvalue weighted by atomic mass is 10.0. The van der Waals surface area contributed by atoms with Crippen LogP contribution in [-0.2, 0) is 4.79 Å². The van der Waals surface area contributed by atoms with Crippen molar-refractivity contribution in [2.45, 2.75) is 110 Å². The molecule has 0 saturated carbocycles. The summed E-state index contributed by atoms with van der Waals surface area (Å²) in [5, 5.41) is 6.04. The van der Waals surface area contributed by atoms with E-state index in [-0.39, 0.29) is 11.0 Å². The van der Waals surface area contributed by atoms with E-state index >= 15 is 0 Å². The molecule has 4 N–H and O–H groups in total. The first-order valence-corrected chi connectivity index (χ1v) is 12.5. The molecule has 0 bridgehead atoms. The largest absolute Gasteiger partial charge is 0.376 e. The van der Waals surface area contributed by atoms with Crippen molar-refractivity contribution in [2.75, 3.05) is 10.6 Å². The quantitative estimate of drug-likeness (QED) is 0.165. The molecule has 0 spiro atoms. The third-order valence-corrected chi connectivity index (χ3v) is 5.55. The molecule has 0 saturated heterocycles. The minimum absolute atomic E-state index is 0.0831. The zero-order valence-corrected chi connectivity index (χ0v) is 19.8. The van der Waals surface area contributed by atoms with Gasteiger partial charge in [0, 0.05) is 17.8 Å². The summed E-state index contributed by atoms with van der Waals surface area (Å²) < 4.78 is 0. The van der Waals surface area contributed by atoms with Crippen LogP contribution in [0.15, 0.2) is 24.3 Å². The molecule has 1 aromatic rings. The number of hydrogen-bond acceptors (Lipinski definition) is 2. The molecule has 0 fully saturated rings. The zero-order chi connectivity index (χ0) is 21.9. The molecule has 0 aliphatic rings. The van der Waals surface area contributed by atoms with Crippen LogP contribution >= 0.6 is 12.2 Å². The molecule has 0 aliphatic heterocycles. The molecule has 1 rings (SSSR count). The van der Waals surface area contributed by atoms with Gasteiger partial charge in [-0.3, -0.25) is 4.79 Å². The van der Waals surface area contributed by atoms with E-state index in [1.54, 1.807) is 0 Å². The number of thiocarbonyl (C=S) groups is 1. The fraction of sp³-hybridized carbons (Fsp3) is 0.680. The maximum Gasteiger partial charge on any atom is 0.224 e. The van der Waals surface area contributed by atoms with Crippen LogP contribution in [-0.4, -0.2) is 11.0 Å². The van der Waals surface area contributed by atoms with Crippen LogP contribution in [0, 0.1) is 0 Å². The lowest BCUT2D eigenvalue weighted by Crippen LogP contribution is -2.18. The van der Waals surface area contributed by atoms with Gasteiger partial charge >= 0.3 is 0 Å². The van der Waals surface area contributed by atoms with E-state index in [1.165, 1.54) is 83.5 Å². The molecular weight excluding hydrogens is 390 g/mol. The predicted molar refractivity (Wildman–Crippen MR) is 135 cm³/mol. The van der Waals surface area contributed by atoms with Crippen molar-refractivity contribution in [3.05, 3.63) is 24.3 Å². The highest BCUT2D eigenvalue weighted by Crippen LogP contribution is 2.15. The summed E-state index contributed by atoms with van der Waals surface area (Å²) in [7, 11) is 0. The summed E-state index contributed by atoms with van der Waals surface area (Å²) in [5.41, 5.74) is 7.06. The average Bonchev–Trinajstić information content (AvgIpc) is 2.72. The maximum atomic E-state index is 12.0. The van der Waals surface area contributed by atoms with Gasteiger partial charge in [0.15, 0.2) is 5.11 Å². The average molecular weight is 434 g/mol. The maximum absolute atomic E-state index is 12.0. The van der Waals surface area contributed by atoms with Gasteiger partial charge in [0.2, 0.25) is 5.91 Å². The van der Waals surface area contributed by atoms with Gasteiger partial charge in [0.25, 0.3) is 0 Å². The minimum atomic E-state index is 0.0831. The number of benzene rings is 1. The Bertz CT molecular complexity index is 574. The number of nitrogens with one attached hydrogen (secondary N) is 2. The lowest BCUT2D eigenvalue weighted by molar-refractivity contribution is -0.116. The summed E-state index contributed by atoms with van der Waals surface area (Å²) in [6.45, 7) is 2.28. The monoisotopic (exact) mass is 433 g/mol. The van der Waals surface area contributed by atoms with Crippen molar-refractivity contribution in [1.29, 1.82) is 0 Å². The number of carbonyl (C=O) groups excluding carboxylic acids is 1. The Labute approximate surface area is 189 Å².